The van der Waals surface area contributed by atoms with Crippen LogP contribution in [0, 0.1) is 5.82 Å². The van der Waals surface area contributed by atoms with Gasteiger partial charge in [0.25, 0.3) is 0 Å². The van der Waals surface area contributed by atoms with Crippen LogP contribution in [0.4, 0.5) is 4.39 Å². The number of nitrogens with two attached hydrogens (primary N) is 1. The molecule has 19 heavy (non-hydrogen) atoms. The van der Waals surface area contributed by atoms with Crippen LogP contribution in [-0.4, -0.2) is 11.0 Å². The van der Waals surface area contributed by atoms with Crippen LogP contribution in [0.1, 0.15) is 18.1 Å². The maximum absolute atomic E-state index is 13.0. The molecule has 0 aliphatic heterocycles. The van der Waals surface area contributed by atoms with E-state index in [1.807, 2.05) is 31.2 Å². The molecule has 0 amide bonds. The summed E-state index contributed by atoms with van der Waals surface area (Å²) >= 11 is 0. The predicted octanol–water partition coefficient (Wildman–Crippen LogP) is 2.69. The maximum Gasteiger partial charge on any atom is 0.141 e. The number of benzene rings is 1. The number of halogens is 1. The van der Waals surface area contributed by atoms with E-state index >= 15 is 0 Å². The van der Waals surface area contributed by atoms with Gasteiger partial charge in [-0.1, -0.05) is 12.1 Å². The minimum Gasteiger partial charge on any atom is -0.489 e. The lowest BCUT2D eigenvalue weighted by Crippen LogP contribution is -2.17. The van der Waals surface area contributed by atoms with Crippen LogP contribution in [0.25, 0.3) is 0 Å². The van der Waals surface area contributed by atoms with E-state index < -0.39 is 0 Å². The van der Waals surface area contributed by atoms with Gasteiger partial charge < -0.3 is 10.5 Å². The summed E-state index contributed by atoms with van der Waals surface area (Å²) in [5.41, 5.74) is 7.60. The molecule has 1 aromatic carbocycles. The van der Waals surface area contributed by atoms with Crippen LogP contribution in [-0.2, 0) is 13.0 Å². The Bertz CT molecular complexity index is 543. The lowest BCUT2D eigenvalue weighted by atomic mass is 10.1. The Morgan fingerprint density at radius 2 is 2.11 bits per heavy atom. The van der Waals surface area contributed by atoms with E-state index in [9.17, 15) is 4.39 Å². The molecule has 0 aliphatic carbocycles. The van der Waals surface area contributed by atoms with Crippen LogP contribution in [0.5, 0.6) is 5.75 Å². The van der Waals surface area contributed by atoms with Crippen molar-refractivity contribution in [1.82, 2.24) is 4.98 Å². The Hall–Kier alpha value is -1.94. The van der Waals surface area contributed by atoms with Crippen LogP contribution < -0.4 is 10.5 Å². The van der Waals surface area contributed by atoms with Crippen LogP contribution in [0.3, 0.4) is 0 Å². The molecule has 1 atom stereocenters. The Kier molecular flexibility index (Phi) is 4.47. The predicted molar refractivity (Wildman–Crippen MR) is 72.3 cm³/mol. The first kappa shape index (κ1) is 13.5. The molecule has 0 spiro atoms. The lowest BCUT2D eigenvalue weighted by Gasteiger charge is -2.09. The molecule has 0 aliphatic rings. The van der Waals surface area contributed by atoms with Crippen LogP contribution in [0.2, 0.25) is 0 Å². The summed E-state index contributed by atoms with van der Waals surface area (Å²) in [6.07, 6.45) is 3.57. The smallest absolute Gasteiger partial charge is 0.141 e. The third-order valence-electron chi connectivity index (χ3n) is 2.62. The molecule has 4 heteroatoms. The van der Waals surface area contributed by atoms with Crippen molar-refractivity contribution in [2.24, 2.45) is 5.73 Å². The molecule has 3 nitrogen and oxygen atoms in total. The van der Waals surface area contributed by atoms with Crippen molar-refractivity contribution < 1.29 is 9.13 Å². The lowest BCUT2D eigenvalue weighted by molar-refractivity contribution is 0.304. The fourth-order valence-electron chi connectivity index (χ4n) is 1.84. The van der Waals surface area contributed by atoms with Gasteiger partial charge in [0.1, 0.15) is 18.2 Å². The number of nitrogens with zero attached hydrogens (tertiary/aromatic N) is 1. The van der Waals surface area contributed by atoms with E-state index in [4.69, 9.17) is 10.5 Å². The molecule has 2 N–H and O–H groups in total. The van der Waals surface area contributed by atoms with Crippen LogP contribution in [0.15, 0.2) is 42.7 Å². The molecular formula is C15H17FN2O. The summed E-state index contributed by atoms with van der Waals surface area (Å²) in [7, 11) is 0. The van der Waals surface area contributed by atoms with Crippen molar-refractivity contribution in [3.63, 3.8) is 0 Å². The maximum atomic E-state index is 13.0. The molecule has 2 rings (SSSR count). The topological polar surface area (TPSA) is 48.1 Å². The van der Waals surface area contributed by atoms with Gasteiger partial charge in [-0.2, -0.15) is 0 Å². The van der Waals surface area contributed by atoms with Crippen molar-refractivity contribution in [2.45, 2.75) is 26.0 Å². The molecule has 0 bridgehead atoms. The highest BCUT2D eigenvalue weighted by Gasteiger charge is 2.02. The Balaban J connectivity index is 1.99. The Labute approximate surface area is 112 Å². The third kappa shape index (κ3) is 4.34. The quantitative estimate of drug-likeness (QED) is 0.899. The van der Waals surface area contributed by atoms with E-state index in [2.05, 4.69) is 4.98 Å². The second-order valence-electron chi connectivity index (χ2n) is 4.63. The number of pyridine rings is 1. The van der Waals surface area contributed by atoms with Crippen molar-refractivity contribution in [3.05, 3.63) is 59.7 Å². The summed E-state index contributed by atoms with van der Waals surface area (Å²) in [4.78, 5) is 3.78. The van der Waals surface area contributed by atoms with Gasteiger partial charge in [0.05, 0.1) is 6.20 Å². The molecule has 1 aromatic heterocycles. The van der Waals surface area contributed by atoms with Gasteiger partial charge in [-0.05, 0) is 37.1 Å². The monoisotopic (exact) mass is 260 g/mol. The van der Waals surface area contributed by atoms with Gasteiger partial charge in [0, 0.05) is 17.8 Å². The van der Waals surface area contributed by atoms with E-state index in [-0.39, 0.29) is 11.9 Å². The second kappa shape index (κ2) is 6.29. The molecule has 2 aromatic rings. The summed E-state index contributed by atoms with van der Waals surface area (Å²) < 4.78 is 18.6. The SMILES string of the molecule is CC(N)Cc1cccc(OCc2cncc(F)c2)c1. The zero-order valence-corrected chi connectivity index (χ0v) is 10.8. The molecule has 1 unspecified atom stereocenters. The highest BCUT2D eigenvalue weighted by atomic mass is 19.1. The van der Waals surface area contributed by atoms with Crippen molar-refractivity contribution in [1.29, 1.82) is 0 Å². The van der Waals surface area contributed by atoms with Gasteiger partial charge in [-0.3, -0.25) is 4.98 Å². The molecular weight excluding hydrogens is 243 g/mol. The van der Waals surface area contributed by atoms with E-state index in [0.29, 0.717) is 12.2 Å². The highest BCUT2D eigenvalue weighted by Crippen LogP contribution is 2.16. The van der Waals surface area contributed by atoms with E-state index in [1.54, 1.807) is 6.20 Å². The first-order valence-electron chi connectivity index (χ1n) is 6.20. The van der Waals surface area contributed by atoms with Gasteiger partial charge in [-0.15, -0.1) is 0 Å². The number of ether oxygens (including phenoxy) is 1. The van der Waals surface area contributed by atoms with Crippen molar-refractivity contribution >= 4 is 0 Å². The number of rotatable bonds is 5. The minimum absolute atomic E-state index is 0.114. The molecule has 0 radical (unpaired) electrons. The highest BCUT2D eigenvalue weighted by molar-refractivity contribution is 5.29. The number of aromatic nitrogens is 1. The molecule has 100 valence electrons. The molecule has 0 saturated carbocycles. The Morgan fingerprint density at radius 3 is 2.84 bits per heavy atom. The molecule has 0 fully saturated rings. The summed E-state index contributed by atoms with van der Waals surface area (Å²) in [6.45, 7) is 2.26. The second-order valence-corrected chi connectivity index (χ2v) is 4.63. The van der Waals surface area contributed by atoms with Gasteiger partial charge in [0.15, 0.2) is 0 Å². The minimum atomic E-state index is -0.355. The van der Waals surface area contributed by atoms with E-state index in [1.165, 1.54) is 12.3 Å². The molecule has 0 saturated heterocycles. The van der Waals surface area contributed by atoms with E-state index in [0.717, 1.165) is 17.7 Å². The van der Waals surface area contributed by atoms with Crippen molar-refractivity contribution in [2.75, 3.05) is 0 Å². The first-order chi connectivity index (χ1) is 9.13. The van der Waals surface area contributed by atoms with Gasteiger partial charge in [0.2, 0.25) is 0 Å². The summed E-state index contributed by atoms with van der Waals surface area (Å²) in [5, 5.41) is 0. The standard InChI is InChI=1S/C15H17FN2O/c1-11(17)5-12-3-2-4-15(7-12)19-10-13-6-14(16)9-18-8-13/h2-4,6-9,11H,5,10,17H2,1H3. The fourth-order valence-corrected chi connectivity index (χ4v) is 1.84. The first-order valence-corrected chi connectivity index (χ1v) is 6.20. The summed E-state index contributed by atoms with van der Waals surface area (Å²) in [5.74, 6) is 0.397. The summed E-state index contributed by atoms with van der Waals surface area (Å²) in [6, 6.07) is 9.30. The fraction of sp³-hybridized carbons (Fsp3) is 0.267. The van der Waals surface area contributed by atoms with Crippen molar-refractivity contribution in [3.8, 4) is 5.75 Å². The third-order valence-corrected chi connectivity index (χ3v) is 2.62. The normalized spacial score (nSPS) is 12.2. The average Bonchev–Trinajstić information content (AvgIpc) is 2.36. The van der Waals surface area contributed by atoms with Crippen LogP contribution >= 0.6 is 0 Å². The average molecular weight is 260 g/mol. The van der Waals surface area contributed by atoms with Gasteiger partial charge >= 0.3 is 0 Å². The zero-order chi connectivity index (χ0) is 13.7. The zero-order valence-electron chi connectivity index (χ0n) is 10.8. The molecule has 1 heterocycles. The van der Waals surface area contributed by atoms with Gasteiger partial charge in [-0.25, -0.2) is 4.39 Å². The largest absolute Gasteiger partial charge is 0.489 e. The number of hydrogen-bond donors (Lipinski definition) is 1. The number of hydrogen-bond acceptors (Lipinski definition) is 3. The Morgan fingerprint density at radius 1 is 1.26 bits per heavy atom.